The number of rotatable bonds is 29. The largest absolute Gasteiger partial charge is 0.499 e. The summed E-state index contributed by atoms with van der Waals surface area (Å²) < 4.78 is 37.1. The van der Waals surface area contributed by atoms with Crippen molar-refractivity contribution >= 4 is 5.97 Å². The molecule has 0 aromatic rings. The van der Waals surface area contributed by atoms with Gasteiger partial charge in [0.15, 0.2) is 0 Å². The van der Waals surface area contributed by atoms with Crippen LogP contribution in [0.25, 0.3) is 0 Å². The Balaban J connectivity index is 3.12. The third-order valence-electron chi connectivity index (χ3n) is 4.93. The van der Waals surface area contributed by atoms with E-state index in [9.17, 15) is 4.79 Å². The average molecular weight is 491 g/mol. The molecule has 8 heteroatoms. The van der Waals surface area contributed by atoms with Gasteiger partial charge in [-0.05, 0) is 6.42 Å². The zero-order valence-electron chi connectivity index (χ0n) is 21.6. The second kappa shape index (κ2) is 29.8. The second-order valence-electron chi connectivity index (χ2n) is 7.90. The van der Waals surface area contributed by atoms with E-state index >= 15 is 0 Å². The molecule has 0 spiro atoms. The van der Waals surface area contributed by atoms with Gasteiger partial charge in [0.1, 0.15) is 13.2 Å². The van der Waals surface area contributed by atoms with Gasteiger partial charge in [-0.15, -0.1) is 0 Å². The molecule has 0 unspecified atom stereocenters. The van der Waals surface area contributed by atoms with Crippen LogP contribution < -0.4 is 0 Å². The monoisotopic (exact) mass is 490 g/mol. The van der Waals surface area contributed by atoms with E-state index in [1.165, 1.54) is 51.2 Å². The molecule has 34 heavy (non-hydrogen) atoms. The van der Waals surface area contributed by atoms with Gasteiger partial charge < -0.3 is 33.2 Å². The molecule has 0 aliphatic heterocycles. The fourth-order valence-electron chi connectivity index (χ4n) is 3.04. The van der Waals surface area contributed by atoms with Crippen molar-refractivity contribution in [1.29, 1.82) is 0 Å². The highest BCUT2D eigenvalue weighted by Crippen LogP contribution is 2.10. The topological polar surface area (TPSA) is 81.7 Å². The van der Waals surface area contributed by atoms with Crippen molar-refractivity contribution in [3.05, 3.63) is 12.8 Å². The number of esters is 1. The van der Waals surface area contributed by atoms with Crippen molar-refractivity contribution < 1.29 is 38.0 Å². The van der Waals surface area contributed by atoms with E-state index in [4.69, 9.17) is 33.2 Å². The molecule has 0 saturated carbocycles. The van der Waals surface area contributed by atoms with Gasteiger partial charge in [-0.25, -0.2) is 0 Å². The summed E-state index contributed by atoms with van der Waals surface area (Å²) in [7, 11) is 0. The third kappa shape index (κ3) is 28.8. The smallest absolute Gasteiger partial charge is 0.305 e. The zero-order chi connectivity index (χ0) is 24.8. The highest BCUT2D eigenvalue weighted by atomic mass is 16.6. The molecule has 0 amide bonds. The van der Waals surface area contributed by atoms with Crippen LogP contribution in [0.1, 0.15) is 71.1 Å². The van der Waals surface area contributed by atoms with E-state index in [-0.39, 0.29) is 5.97 Å². The van der Waals surface area contributed by atoms with Gasteiger partial charge in [0, 0.05) is 6.42 Å². The summed E-state index contributed by atoms with van der Waals surface area (Å²) in [5.41, 5.74) is 0. The normalized spacial score (nSPS) is 11.0. The lowest BCUT2D eigenvalue weighted by Gasteiger charge is -2.08. The number of carbonyl (C=O) groups excluding carboxylic acids is 1. The minimum absolute atomic E-state index is 0.130. The maximum Gasteiger partial charge on any atom is 0.305 e. The number of hydrogen-bond donors (Lipinski definition) is 0. The Morgan fingerprint density at radius 2 is 0.941 bits per heavy atom. The fraction of sp³-hybridized carbons (Fsp3) is 0.885. The molecule has 0 aliphatic rings. The maximum absolute atomic E-state index is 11.7. The van der Waals surface area contributed by atoms with Crippen molar-refractivity contribution in [3.8, 4) is 0 Å². The molecule has 0 heterocycles. The van der Waals surface area contributed by atoms with Gasteiger partial charge in [-0.2, -0.15) is 0 Å². The summed E-state index contributed by atoms with van der Waals surface area (Å²) in [6.45, 7) is 11.5. The van der Waals surface area contributed by atoms with Crippen LogP contribution in [-0.2, 0) is 38.0 Å². The Hall–Kier alpha value is -1.19. The number of hydrogen-bond acceptors (Lipinski definition) is 8. The van der Waals surface area contributed by atoms with Gasteiger partial charge in [0.05, 0.1) is 72.3 Å². The summed E-state index contributed by atoms with van der Waals surface area (Å²) in [6.07, 6.45) is 13.1. The first-order chi connectivity index (χ1) is 16.8. The SMILES string of the molecule is C=COCCOCCOCCOCCOCCOCCOC(=O)CCCCCCCCCCC. The van der Waals surface area contributed by atoms with Crippen LogP contribution in [0.15, 0.2) is 12.8 Å². The van der Waals surface area contributed by atoms with Crippen LogP contribution in [0, 0.1) is 0 Å². The molecule has 0 aliphatic carbocycles. The third-order valence-corrected chi connectivity index (χ3v) is 4.93. The minimum atomic E-state index is -0.130. The first-order valence-corrected chi connectivity index (χ1v) is 13.1. The number of carbonyl (C=O) groups is 1. The summed E-state index contributed by atoms with van der Waals surface area (Å²) in [5.74, 6) is -0.130. The maximum atomic E-state index is 11.7. The Kier molecular flexibility index (Phi) is 28.8. The van der Waals surface area contributed by atoms with Crippen LogP contribution in [0.2, 0.25) is 0 Å². The molecule has 0 bridgehead atoms. The van der Waals surface area contributed by atoms with Crippen molar-refractivity contribution in [1.82, 2.24) is 0 Å². The van der Waals surface area contributed by atoms with Crippen LogP contribution in [-0.4, -0.2) is 85.3 Å². The lowest BCUT2D eigenvalue weighted by Crippen LogP contribution is -2.15. The predicted molar refractivity (Wildman–Crippen MR) is 133 cm³/mol. The van der Waals surface area contributed by atoms with E-state index < -0.39 is 0 Å². The molecule has 8 nitrogen and oxygen atoms in total. The number of unbranched alkanes of at least 4 members (excludes halogenated alkanes) is 8. The van der Waals surface area contributed by atoms with Crippen LogP contribution in [0.5, 0.6) is 0 Å². The Morgan fingerprint density at radius 1 is 0.559 bits per heavy atom. The fourth-order valence-corrected chi connectivity index (χ4v) is 3.04. The van der Waals surface area contributed by atoms with E-state index in [2.05, 4.69) is 13.5 Å². The quantitative estimate of drug-likeness (QED) is 0.0848. The minimum Gasteiger partial charge on any atom is -0.499 e. The highest BCUT2D eigenvalue weighted by molar-refractivity contribution is 5.69. The Morgan fingerprint density at radius 3 is 1.38 bits per heavy atom. The molecule has 202 valence electrons. The molecule has 0 aromatic carbocycles. The average Bonchev–Trinajstić information content (AvgIpc) is 2.84. The lowest BCUT2D eigenvalue weighted by atomic mass is 10.1. The number of ether oxygens (including phenoxy) is 7. The second-order valence-corrected chi connectivity index (χ2v) is 7.90. The van der Waals surface area contributed by atoms with Crippen molar-refractivity contribution in [3.63, 3.8) is 0 Å². The summed E-state index contributed by atoms with van der Waals surface area (Å²) in [4.78, 5) is 11.7. The van der Waals surface area contributed by atoms with Gasteiger partial charge in [0.25, 0.3) is 0 Å². The van der Waals surface area contributed by atoms with E-state index in [1.807, 2.05) is 0 Å². The van der Waals surface area contributed by atoms with Crippen LogP contribution in [0.4, 0.5) is 0 Å². The molecule has 0 aromatic heterocycles. The first-order valence-electron chi connectivity index (χ1n) is 13.1. The molecular formula is C26H50O8. The molecule has 0 fully saturated rings. The van der Waals surface area contributed by atoms with E-state index in [1.54, 1.807) is 0 Å². The Labute approximate surface area is 207 Å². The highest BCUT2D eigenvalue weighted by Gasteiger charge is 2.02. The molecule has 0 N–H and O–H groups in total. The standard InChI is InChI=1S/C26H50O8/c1-3-5-6-7-8-9-10-11-12-13-26(27)34-25-24-33-23-22-32-21-20-31-19-18-30-17-16-29-15-14-28-4-2/h4H,2-3,5-25H2,1H3. The van der Waals surface area contributed by atoms with Gasteiger partial charge in [-0.1, -0.05) is 64.9 Å². The van der Waals surface area contributed by atoms with Gasteiger partial charge in [0.2, 0.25) is 0 Å². The van der Waals surface area contributed by atoms with Crippen molar-refractivity contribution in [2.45, 2.75) is 71.1 Å². The van der Waals surface area contributed by atoms with E-state index in [0.717, 1.165) is 12.8 Å². The van der Waals surface area contributed by atoms with Gasteiger partial charge >= 0.3 is 5.97 Å². The molecular weight excluding hydrogens is 440 g/mol. The summed E-state index contributed by atoms with van der Waals surface area (Å²) in [5, 5.41) is 0. The van der Waals surface area contributed by atoms with E-state index in [0.29, 0.717) is 85.7 Å². The summed E-state index contributed by atoms with van der Waals surface area (Å²) in [6, 6.07) is 0. The summed E-state index contributed by atoms with van der Waals surface area (Å²) >= 11 is 0. The predicted octanol–water partition coefficient (Wildman–Crippen LogP) is 4.69. The molecule has 0 rings (SSSR count). The molecule has 0 radical (unpaired) electrons. The van der Waals surface area contributed by atoms with Crippen LogP contribution >= 0.6 is 0 Å². The zero-order valence-corrected chi connectivity index (χ0v) is 21.6. The van der Waals surface area contributed by atoms with Gasteiger partial charge in [-0.3, -0.25) is 4.79 Å². The Bertz CT molecular complexity index is 420. The van der Waals surface area contributed by atoms with Crippen molar-refractivity contribution in [2.75, 3.05) is 79.3 Å². The first kappa shape index (κ1) is 32.8. The van der Waals surface area contributed by atoms with Crippen molar-refractivity contribution in [2.24, 2.45) is 0 Å². The molecule has 0 atom stereocenters. The molecule has 0 saturated heterocycles. The lowest BCUT2D eigenvalue weighted by molar-refractivity contribution is -0.145. The van der Waals surface area contributed by atoms with Crippen LogP contribution in [0.3, 0.4) is 0 Å².